The highest BCUT2D eigenvalue weighted by atomic mass is 16.5. The van der Waals surface area contributed by atoms with E-state index in [1.165, 1.54) is 0 Å². The Hall–Kier alpha value is -2.49. The summed E-state index contributed by atoms with van der Waals surface area (Å²) in [6, 6.07) is 15.8. The van der Waals surface area contributed by atoms with E-state index in [2.05, 4.69) is 11.9 Å². The summed E-state index contributed by atoms with van der Waals surface area (Å²) in [5.74, 6) is 1.37. The molecule has 1 aromatic heterocycles. The van der Waals surface area contributed by atoms with E-state index in [0.717, 1.165) is 35.5 Å². The lowest BCUT2D eigenvalue weighted by Gasteiger charge is -2.08. The van der Waals surface area contributed by atoms with E-state index in [4.69, 9.17) is 10.5 Å². The van der Waals surface area contributed by atoms with Crippen molar-refractivity contribution in [2.75, 3.05) is 12.3 Å². The number of hydrogen-bond acceptors (Lipinski definition) is 3. The zero-order chi connectivity index (χ0) is 13.9. The second kappa shape index (κ2) is 5.25. The number of ether oxygens (including phenoxy) is 1. The predicted octanol–water partition coefficient (Wildman–Crippen LogP) is 3.40. The van der Waals surface area contributed by atoms with Gasteiger partial charge in [0.25, 0.3) is 0 Å². The van der Waals surface area contributed by atoms with Crippen LogP contribution < -0.4 is 10.5 Å². The largest absolute Gasteiger partial charge is 0.494 e. The van der Waals surface area contributed by atoms with E-state index in [9.17, 15) is 0 Å². The molecule has 4 nitrogen and oxygen atoms in total. The molecule has 0 saturated heterocycles. The third-order valence-corrected chi connectivity index (χ3v) is 3.15. The number of aromatic nitrogens is 2. The standard InChI is InChI=1S/C16H17N3O/c1-2-11-20-13-9-7-12(8-10-13)19-15-6-4-3-5-14(15)18-16(19)17/h3-10H,2,11H2,1H3,(H2,17,18). The molecule has 0 bridgehead atoms. The summed E-state index contributed by atoms with van der Waals surface area (Å²) in [5, 5.41) is 0. The van der Waals surface area contributed by atoms with Crippen LogP contribution in [0.2, 0.25) is 0 Å². The molecule has 2 N–H and O–H groups in total. The molecule has 0 aliphatic rings. The van der Waals surface area contributed by atoms with Crippen molar-refractivity contribution in [2.45, 2.75) is 13.3 Å². The van der Waals surface area contributed by atoms with Crippen molar-refractivity contribution in [2.24, 2.45) is 0 Å². The van der Waals surface area contributed by atoms with Gasteiger partial charge in [0.1, 0.15) is 5.75 Å². The molecule has 102 valence electrons. The maximum absolute atomic E-state index is 6.02. The van der Waals surface area contributed by atoms with E-state index in [-0.39, 0.29) is 0 Å². The molecule has 3 aromatic rings. The highest BCUT2D eigenvalue weighted by molar-refractivity contribution is 5.80. The highest BCUT2D eigenvalue weighted by Crippen LogP contribution is 2.24. The monoisotopic (exact) mass is 267 g/mol. The summed E-state index contributed by atoms with van der Waals surface area (Å²) < 4.78 is 7.53. The van der Waals surface area contributed by atoms with Crippen LogP contribution in [0.5, 0.6) is 5.75 Å². The smallest absolute Gasteiger partial charge is 0.205 e. The Morgan fingerprint density at radius 3 is 2.60 bits per heavy atom. The summed E-state index contributed by atoms with van der Waals surface area (Å²) in [5.41, 5.74) is 8.92. The van der Waals surface area contributed by atoms with Crippen LogP contribution >= 0.6 is 0 Å². The number of imidazole rings is 1. The Morgan fingerprint density at radius 1 is 1.10 bits per heavy atom. The van der Waals surface area contributed by atoms with Crippen LogP contribution in [0.25, 0.3) is 16.7 Å². The molecule has 4 heteroatoms. The van der Waals surface area contributed by atoms with E-state index >= 15 is 0 Å². The molecule has 0 aliphatic carbocycles. The number of fused-ring (bicyclic) bond motifs is 1. The van der Waals surface area contributed by atoms with Gasteiger partial charge in [-0.2, -0.15) is 0 Å². The number of nitrogens with two attached hydrogens (primary N) is 1. The number of benzene rings is 2. The van der Waals surface area contributed by atoms with Gasteiger partial charge in [0.2, 0.25) is 5.95 Å². The van der Waals surface area contributed by atoms with Gasteiger partial charge >= 0.3 is 0 Å². The SMILES string of the molecule is CCCOc1ccc(-n2c(N)nc3ccccc32)cc1. The minimum absolute atomic E-state index is 0.494. The van der Waals surface area contributed by atoms with Gasteiger partial charge in [0.15, 0.2) is 0 Å². The van der Waals surface area contributed by atoms with Crippen LogP contribution in [0, 0.1) is 0 Å². The zero-order valence-corrected chi connectivity index (χ0v) is 11.4. The fourth-order valence-corrected chi connectivity index (χ4v) is 2.23. The fraction of sp³-hybridized carbons (Fsp3) is 0.188. The van der Waals surface area contributed by atoms with E-state index in [1.807, 2.05) is 53.1 Å². The van der Waals surface area contributed by atoms with Gasteiger partial charge in [0.05, 0.1) is 17.6 Å². The number of nitrogen functional groups attached to an aromatic ring is 1. The quantitative estimate of drug-likeness (QED) is 0.788. The highest BCUT2D eigenvalue weighted by Gasteiger charge is 2.09. The molecular weight excluding hydrogens is 250 g/mol. The summed E-state index contributed by atoms with van der Waals surface area (Å²) in [7, 11) is 0. The molecule has 3 rings (SSSR count). The number of hydrogen-bond donors (Lipinski definition) is 1. The third kappa shape index (κ3) is 2.20. The summed E-state index contributed by atoms with van der Waals surface area (Å²) >= 11 is 0. The molecule has 0 atom stereocenters. The Kier molecular flexibility index (Phi) is 3.29. The first-order valence-electron chi connectivity index (χ1n) is 6.76. The third-order valence-electron chi connectivity index (χ3n) is 3.15. The predicted molar refractivity (Wildman–Crippen MR) is 81.3 cm³/mol. The topological polar surface area (TPSA) is 53.1 Å². The van der Waals surface area contributed by atoms with Crippen LogP contribution in [0.4, 0.5) is 5.95 Å². The lowest BCUT2D eigenvalue weighted by atomic mass is 10.2. The summed E-state index contributed by atoms with van der Waals surface area (Å²) in [6.07, 6.45) is 1.00. The van der Waals surface area contributed by atoms with Crippen LogP contribution in [0.1, 0.15) is 13.3 Å². The average molecular weight is 267 g/mol. The van der Waals surface area contributed by atoms with Crippen molar-refractivity contribution in [1.82, 2.24) is 9.55 Å². The Morgan fingerprint density at radius 2 is 1.85 bits per heavy atom. The van der Waals surface area contributed by atoms with Crippen molar-refractivity contribution in [3.05, 3.63) is 48.5 Å². The molecular formula is C16H17N3O. The van der Waals surface area contributed by atoms with Crippen molar-refractivity contribution < 1.29 is 4.74 Å². The maximum Gasteiger partial charge on any atom is 0.205 e. The van der Waals surface area contributed by atoms with E-state index in [0.29, 0.717) is 5.95 Å². The van der Waals surface area contributed by atoms with Crippen LogP contribution in [-0.2, 0) is 0 Å². The van der Waals surface area contributed by atoms with Gasteiger partial charge in [-0.05, 0) is 42.8 Å². The first-order chi connectivity index (χ1) is 9.79. The zero-order valence-electron chi connectivity index (χ0n) is 11.4. The van der Waals surface area contributed by atoms with Crippen LogP contribution in [0.15, 0.2) is 48.5 Å². The minimum Gasteiger partial charge on any atom is -0.494 e. The van der Waals surface area contributed by atoms with Gasteiger partial charge in [-0.25, -0.2) is 4.98 Å². The molecule has 20 heavy (non-hydrogen) atoms. The molecule has 0 radical (unpaired) electrons. The molecule has 0 amide bonds. The number of rotatable bonds is 4. The minimum atomic E-state index is 0.494. The first kappa shape index (κ1) is 12.5. The van der Waals surface area contributed by atoms with Crippen LogP contribution in [0.3, 0.4) is 0 Å². The lowest BCUT2D eigenvalue weighted by Crippen LogP contribution is -2.01. The summed E-state index contributed by atoms with van der Waals surface area (Å²) in [4.78, 5) is 4.37. The van der Waals surface area contributed by atoms with E-state index in [1.54, 1.807) is 0 Å². The van der Waals surface area contributed by atoms with Gasteiger partial charge in [-0.15, -0.1) is 0 Å². The molecule has 0 saturated carbocycles. The Bertz CT molecular complexity index is 716. The van der Waals surface area contributed by atoms with Gasteiger partial charge < -0.3 is 10.5 Å². The number of anilines is 1. The van der Waals surface area contributed by atoms with Crippen molar-refractivity contribution >= 4 is 17.0 Å². The molecule has 1 heterocycles. The lowest BCUT2D eigenvalue weighted by molar-refractivity contribution is 0.317. The van der Waals surface area contributed by atoms with Crippen molar-refractivity contribution in [3.8, 4) is 11.4 Å². The Balaban J connectivity index is 2.00. The fourth-order valence-electron chi connectivity index (χ4n) is 2.23. The summed E-state index contributed by atoms with van der Waals surface area (Å²) in [6.45, 7) is 2.82. The van der Waals surface area contributed by atoms with Gasteiger partial charge in [0, 0.05) is 5.69 Å². The van der Waals surface area contributed by atoms with Crippen molar-refractivity contribution in [1.29, 1.82) is 0 Å². The molecule has 0 aliphatic heterocycles. The maximum atomic E-state index is 6.02. The number of para-hydroxylation sites is 2. The van der Waals surface area contributed by atoms with Crippen LogP contribution in [-0.4, -0.2) is 16.2 Å². The number of nitrogens with zero attached hydrogens (tertiary/aromatic N) is 2. The second-order valence-corrected chi connectivity index (χ2v) is 4.64. The van der Waals surface area contributed by atoms with Gasteiger partial charge in [-0.3, -0.25) is 4.57 Å². The molecule has 0 unspecified atom stereocenters. The Labute approximate surface area is 117 Å². The molecule has 0 fully saturated rings. The second-order valence-electron chi connectivity index (χ2n) is 4.64. The van der Waals surface area contributed by atoms with Gasteiger partial charge in [-0.1, -0.05) is 19.1 Å². The first-order valence-corrected chi connectivity index (χ1v) is 6.76. The molecule has 2 aromatic carbocycles. The molecule has 0 spiro atoms. The van der Waals surface area contributed by atoms with E-state index < -0.39 is 0 Å². The average Bonchev–Trinajstić information content (AvgIpc) is 2.81. The van der Waals surface area contributed by atoms with Crippen molar-refractivity contribution in [3.63, 3.8) is 0 Å². The normalized spacial score (nSPS) is 10.8.